The summed E-state index contributed by atoms with van der Waals surface area (Å²) in [4.78, 5) is 35.9. The Kier molecular flexibility index (Phi) is 7.03. The van der Waals surface area contributed by atoms with Crippen molar-refractivity contribution in [3.8, 4) is 0 Å². The van der Waals surface area contributed by atoms with Gasteiger partial charge in [-0.3, -0.25) is 9.59 Å². The predicted octanol–water partition coefficient (Wildman–Crippen LogP) is 1.65. The molecule has 1 saturated heterocycles. The first kappa shape index (κ1) is 20.3. The van der Waals surface area contributed by atoms with Crippen LogP contribution in [0.5, 0.6) is 0 Å². The van der Waals surface area contributed by atoms with Gasteiger partial charge in [0, 0.05) is 6.54 Å². The molecule has 3 rings (SSSR count). The lowest BCUT2D eigenvalue weighted by Crippen LogP contribution is -2.49. The largest absolute Gasteiger partial charge is 0.479 e. The summed E-state index contributed by atoms with van der Waals surface area (Å²) in [5, 5.41) is 14.6. The lowest BCUT2D eigenvalue weighted by Gasteiger charge is -2.24. The molecule has 1 aromatic rings. The molecule has 1 heterocycles. The molecule has 28 heavy (non-hydrogen) atoms. The van der Waals surface area contributed by atoms with Crippen LogP contribution in [0.3, 0.4) is 0 Å². The quantitative estimate of drug-likeness (QED) is 0.558. The number of aryl methyl sites for hydroxylation is 1. The van der Waals surface area contributed by atoms with Gasteiger partial charge < -0.3 is 20.5 Å². The minimum atomic E-state index is -1.16. The van der Waals surface area contributed by atoms with Crippen molar-refractivity contribution in [2.24, 2.45) is 5.92 Å². The second kappa shape index (κ2) is 9.68. The van der Waals surface area contributed by atoms with Gasteiger partial charge in [0.15, 0.2) is 12.2 Å². The van der Waals surface area contributed by atoms with E-state index in [1.54, 1.807) is 0 Å². The molecule has 0 spiro atoms. The Bertz CT molecular complexity index is 687. The van der Waals surface area contributed by atoms with Gasteiger partial charge in [-0.2, -0.15) is 0 Å². The highest BCUT2D eigenvalue weighted by atomic mass is 16.6. The number of amides is 2. The topological polar surface area (TPSA) is 108 Å². The molecule has 7 nitrogen and oxygen atoms in total. The Morgan fingerprint density at radius 1 is 1.07 bits per heavy atom. The van der Waals surface area contributed by atoms with E-state index < -0.39 is 30.1 Å². The number of ether oxygens (including phenoxy) is 1. The van der Waals surface area contributed by atoms with E-state index in [-0.39, 0.29) is 5.91 Å². The van der Waals surface area contributed by atoms with E-state index in [0.717, 1.165) is 18.4 Å². The first-order valence-electron chi connectivity index (χ1n) is 10.0. The number of nitrogens with one attached hydrogen (secondary N) is 2. The standard InChI is InChI=1S/C21H28N2O5/c24-19(22-13-15-9-5-2-6-10-15)16(12-11-14-7-3-1-4-8-14)23-20(25)17-18(28-17)21(26)27/h1,3-4,7-8,15-18H,2,5-6,9-13H2,(H,22,24)(H,23,25)(H,26,27)/t16-,17+,18+/m1/s1. The Morgan fingerprint density at radius 2 is 1.79 bits per heavy atom. The minimum absolute atomic E-state index is 0.220. The highest BCUT2D eigenvalue weighted by molar-refractivity contribution is 5.95. The van der Waals surface area contributed by atoms with Gasteiger partial charge in [0.1, 0.15) is 6.04 Å². The summed E-state index contributed by atoms with van der Waals surface area (Å²) in [6.45, 7) is 0.619. The molecular formula is C21H28N2O5. The number of hydrogen-bond donors (Lipinski definition) is 3. The van der Waals surface area contributed by atoms with Gasteiger partial charge >= 0.3 is 5.97 Å². The van der Waals surface area contributed by atoms with E-state index in [0.29, 0.717) is 25.3 Å². The molecule has 152 valence electrons. The Morgan fingerprint density at radius 3 is 2.43 bits per heavy atom. The van der Waals surface area contributed by atoms with Crippen LogP contribution in [0.2, 0.25) is 0 Å². The van der Waals surface area contributed by atoms with E-state index >= 15 is 0 Å². The van der Waals surface area contributed by atoms with Crippen molar-refractivity contribution in [2.75, 3.05) is 6.54 Å². The fourth-order valence-electron chi connectivity index (χ4n) is 3.74. The van der Waals surface area contributed by atoms with Gasteiger partial charge in [0.2, 0.25) is 5.91 Å². The summed E-state index contributed by atoms with van der Waals surface area (Å²) in [6, 6.07) is 9.03. The molecule has 0 radical (unpaired) electrons. The fraction of sp³-hybridized carbons (Fsp3) is 0.571. The van der Waals surface area contributed by atoms with Crippen molar-refractivity contribution in [1.82, 2.24) is 10.6 Å². The van der Waals surface area contributed by atoms with Crippen LogP contribution in [-0.2, 0) is 25.5 Å². The first-order chi connectivity index (χ1) is 13.5. The third kappa shape index (κ3) is 5.79. The normalized spacial score (nSPS) is 22.9. The van der Waals surface area contributed by atoms with Crippen LogP contribution in [0, 0.1) is 5.92 Å². The highest BCUT2D eigenvalue weighted by Gasteiger charge is 2.51. The van der Waals surface area contributed by atoms with E-state index in [9.17, 15) is 14.4 Å². The van der Waals surface area contributed by atoms with Crippen LogP contribution >= 0.6 is 0 Å². The molecule has 0 bridgehead atoms. The maximum Gasteiger partial charge on any atom is 0.336 e. The van der Waals surface area contributed by atoms with Crippen molar-refractivity contribution in [3.05, 3.63) is 35.9 Å². The number of rotatable bonds is 9. The van der Waals surface area contributed by atoms with Gasteiger partial charge in [-0.15, -0.1) is 0 Å². The summed E-state index contributed by atoms with van der Waals surface area (Å²) in [5.41, 5.74) is 1.08. The molecule has 2 fully saturated rings. The second-order valence-electron chi connectivity index (χ2n) is 7.65. The van der Waals surface area contributed by atoms with E-state index in [4.69, 9.17) is 9.84 Å². The van der Waals surface area contributed by atoms with Gasteiger partial charge in [0.05, 0.1) is 0 Å². The summed E-state index contributed by atoms with van der Waals surface area (Å²) in [6.07, 6.45) is 4.85. The third-order valence-electron chi connectivity index (χ3n) is 5.48. The molecule has 1 aliphatic heterocycles. The van der Waals surface area contributed by atoms with Crippen molar-refractivity contribution < 1.29 is 24.2 Å². The number of hydrogen-bond acceptors (Lipinski definition) is 4. The maximum absolute atomic E-state index is 12.7. The summed E-state index contributed by atoms with van der Waals surface area (Å²) >= 11 is 0. The van der Waals surface area contributed by atoms with Crippen LogP contribution in [0.4, 0.5) is 0 Å². The summed E-state index contributed by atoms with van der Waals surface area (Å²) < 4.78 is 4.90. The van der Waals surface area contributed by atoms with Crippen molar-refractivity contribution in [2.45, 2.75) is 63.2 Å². The zero-order chi connectivity index (χ0) is 19.9. The van der Waals surface area contributed by atoms with Crippen LogP contribution in [-0.4, -0.2) is 47.7 Å². The zero-order valence-electron chi connectivity index (χ0n) is 15.9. The Labute approximate surface area is 164 Å². The van der Waals surface area contributed by atoms with Gasteiger partial charge in [-0.1, -0.05) is 49.6 Å². The van der Waals surface area contributed by atoms with Crippen molar-refractivity contribution >= 4 is 17.8 Å². The molecule has 3 N–H and O–H groups in total. The number of carbonyl (C=O) groups is 3. The molecule has 7 heteroatoms. The smallest absolute Gasteiger partial charge is 0.336 e. The van der Waals surface area contributed by atoms with Crippen molar-refractivity contribution in [3.63, 3.8) is 0 Å². The third-order valence-corrected chi connectivity index (χ3v) is 5.48. The fourth-order valence-corrected chi connectivity index (χ4v) is 3.74. The molecule has 0 aromatic heterocycles. The van der Waals surface area contributed by atoms with Crippen molar-refractivity contribution in [1.29, 1.82) is 0 Å². The summed E-state index contributed by atoms with van der Waals surface area (Å²) in [7, 11) is 0. The van der Waals surface area contributed by atoms with Crippen LogP contribution in [0.15, 0.2) is 30.3 Å². The number of carbonyl (C=O) groups excluding carboxylic acids is 2. The lowest BCUT2D eigenvalue weighted by molar-refractivity contribution is -0.138. The van der Waals surface area contributed by atoms with E-state index in [2.05, 4.69) is 10.6 Å². The number of aliphatic carboxylic acids is 1. The molecule has 3 atom stereocenters. The molecular weight excluding hydrogens is 360 g/mol. The van der Waals surface area contributed by atoms with Crippen LogP contribution < -0.4 is 10.6 Å². The monoisotopic (exact) mass is 388 g/mol. The highest BCUT2D eigenvalue weighted by Crippen LogP contribution is 2.24. The number of carboxylic acid groups (broad SMARTS) is 1. The van der Waals surface area contributed by atoms with Crippen LogP contribution in [0.1, 0.15) is 44.1 Å². The van der Waals surface area contributed by atoms with E-state index in [1.165, 1.54) is 19.3 Å². The van der Waals surface area contributed by atoms with Gasteiger partial charge in [-0.25, -0.2) is 4.79 Å². The predicted molar refractivity (Wildman–Crippen MR) is 103 cm³/mol. The number of benzene rings is 1. The maximum atomic E-state index is 12.7. The Hall–Kier alpha value is -2.41. The first-order valence-corrected chi connectivity index (χ1v) is 10.0. The second-order valence-corrected chi connectivity index (χ2v) is 7.65. The average molecular weight is 388 g/mol. The molecule has 1 saturated carbocycles. The SMILES string of the molecule is O=C(O)[C@H]1O[C@@H]1C(=O)N[C@H](CCc1ccccc1)C(=O)NCC1CCCCC1. The number of epoxide rings is 1. The molecule has 0 unspecified atom stereocenters. The van der Waals surface area contributed by atoms with Crippen LogP contribution in [0.25, 0.3) is 0 Å². The van der Waals surface area contributed by atoms with Gasteiger partial charge in [-0.05, 0) is 37.2 Å². The lowest BCUT2D eigenvalue weighted by atomic mass is 9.89. The van der Waals surface area contributed by atoms with E-state index in [1.807, 2.05) is 30.3 Å². The Balaban J connectivity index is 1.55. The minimum Gasteiger partial charge on any atom is -0.479 e. The zero-order valence-corrected chi connectivity index (χ0v) is 15.9. The van der Waals surface area contributed by atoms with Gasteiger partial charge in [0.25, 0.3) is 5.91 Å². The summed E-state index contributed by atoms with van der Waals surface area (Å²) in [5.74, 6) is -1.44. The molecule has 1 aliphatic carbocycles. The molecule has 2 amide bonds. The average Bonchev–Trinajstić information content (AvgIpc) is 3.52. The number of carboxylic acids is 1. The molecule has 2 aliphatic rings. The molecule has 1 aromatic carbocycles.